The molecule has 1 aliphatic rings. The lowest BCUT2D eigenvalue weighted by molar-refractivity contribution is 0.157. The predicted octanol–water partition coefficient (Wildman–Crippen LogP) is 0.299. The van der Waals surface area contributed by atoms with Crippen LogP contribution in [0.5, 0.6) is 0 Å². The van der Waals surface area contributed by atoms with Gasteiger partial charge in [0.15, 0.2) is 0 Å². The third kappa shape index (κ3) is 5.33. The van der Waals surface area contributed by atoms with Crippen molar-refractivity contribution in [3.63, 3.8) is 0 Å². The van der Waals surface area contributed by atoms with E-state index in [-0.39, 0.29) is 6.61 Å². The predicted molar refractivity (Wildman–Crippen MR) is 71.9 cm³/mol. The monoisotopic (exact) mass is 293 g/mol. The number of rotatable bonds is 6. The number of hydrogen-bond donors (Lipinski definition) is 2. The molecule has 2 N–H and O–H groups in total. The Balaban J connectivity index is 2.43. The van der Waals surface area contributed by atoms with E-state index in [0.29, 0.717) is 19.0 Å². The van der Waals surface area contributed by atoms with Crippen LogP contribution in [0.2, 0.25) is 0 Å². The molecule has 8 heteroatoms. The Morgan fingerprint density at radius 1 is 1.32 bits per heavy atom. The van der Waals surface area contributed by atoms with Gasteiger partial charge in [0.25, 0.3) is 0 Å². The fourth-order valence-corrected chi connectivity index (χ4v) is 3.12. The molecule has 0 saturated carbocycles. The first-order valence-corrected chi connectivity index (χ1v) is 8.09. The van der Waals surface area contributed by atoms with Crippen molar-refractivity contribution in [2.24, 2.45) is 5.92 Å². The molecule has 1 rings (SSSR count). The second kappa shape index (κ2) is 7.66. The van der Waals surface area contributed by atoms with Crippen molar-refractivity contribution in [2.45, 2.75) is 26.7 Å². The molecule has 0 aromatic carbocycles. The summed E-state index contributed by atoms with van der Waals surface area (Å²) in [6.07, 6.45) is 0.685. The van der Waals surface area contributed by atoms with E-state index < -0.39 is 16.3 Å². The van der Waals surface area contributed by atoms with Crippen molar-refractivity contribution >= 4 is 16.3 Å². The minimum Gasteiger partial charge on any atom is -0.449 e. The summed E-state index contributed by atoms with van der Waals surface area (Å²) in [5.41, 5.74) is 0. The highest BCUT2D eigenvalue weighted by molar-refractivity contribution is 7.87. The largest absolute Gasteiger partial charge is 0.449 e. The minimum absolute atomic E-state index is 0.145. The van der Waals surface area contributed by atoms with Gasteiger partial charge in [-0.25, -0.2) is 9.52 Å². The first-order valence-electron chi connectivity index (χ1n) is 6.65. The fourth-order valence-electron chi connectivity index (χ4n) is 2.03. The fraction of sp³-hybridized carbons (Fsp3) is 0.909. The van der Waals surface area contributed by atoms with Crippen molar-refractivity contribution in [1.82, 2.24) is 14.3 Å². The van der Waals surface area contributed by atoms with Crippen molar-refractivity contribution in [3.05, 3.63) is 0 Å². The van der Waals surface area contributed by atoms with Crippen molar-refractivity contribution in [3.8, 4) is 0 Å². The molecule has 0 radical (unpaired) electrons. The number of amides is 1. The highest BCUT2D eigenvalue weighted by Gasteiger charge is 2.29. The molecular weight excluding hydrogens is 270 g/mol. The van der Waals surface area contributed by atoms with Gasteiger partial charge in [-0.1, -0.05) is 6.92 Å². The Labute approximate surface area is 114 Å². The van der Waals surface area contributed by atoms with Gasteiger partial charge >= 0.3 is 16.3 Å². The second-order valence-corrected chi connectivity index (χ2v) is 6.15. The lowest BCUT2D eigenvalue weighted by Crippen LogP contribution is -2.47. The van der Waals surface area contributed by atoms with Gasteiger partial charge in [0, 0.05) is 13.1 Å². The van der Waals surface area contributed by atoms with Gasteiger partial charge < -0.3 is 10.1 Å². The number of nitrogens with one attached hydrogen (secondary N) is 2. The number of piperidine rings is 1. The normalized spacial score (nSPS) is 18.2. The number of carbonyl (C=O) groups excluding carboxylic acids is 1. The van der Waals surface area contributed by atoms with E-state index in [0.717, 1.165) is 25.9 Å². The molecule has 0 aliphatic carbocycles. The lowest BCUT2D eigenvalue weighted by Gasteiger charge is -2.30. The highest BCUT2D eigenvalue weighted by Crippen LogP contribution is 2.18. The number of nitrogens with zero attached hydrogens (tertiary/aromatic N) is 1. The summed E-state index contributed by atoms with van der Waals surface area (Å²) in [7, 11) is -3.76. The first kappa shape index (κ1) is 16.2. The topological polar surface area (TPSA) is 87.7 Å². The van der Waals surface area contributed by atoms with E-state index in [1.807, 2.05) is 11.6 Å². The molecule has 0 bridgehead atoms. The van der Waals surface area contributed by atoms with Crippen molar-refractivity contribution in [1.29, 1.82) is 0 Å². The molecule has 1 fully saturated rings. The standard InChI is InChI=1S/C11H23N3O4S/c1-3-12-9-10-5-7-14(8-6-10)19(16,17)13-11(15)18-4-2/h10,12H,3-9H2,1-2H3,(H,13,15). The molecule has 7 nitrogen and oxygen atoms in total. The summed E-state index contributed by atoms with van der Waals surface area (Å²) in [6, 6.07) is 0. The average Bonchev–Trinajstić information content (AvgIpc) is 2.36. The van der Waals surface area contributed by atoms with E-state index in [4.69, 9.17) is 0 Å². The quantitative estimate of drug-likeness (QED) is 0.735. The van der Waals surface area contributed by atoms with Crippen LogP contribution in [0.25, 0.3) is 0 Å². The molecular formula is C11H23N3O4S. The zero-order chi connectivity index (χ0) is 14.3. The maximum atomic E-state index is 11.9. The van der Waals surface area contributed by atoms with E-state index in [1.165, 1.54) is 4.31 Å². The molecule has 1 aliphatic heterocycles. The van der Waals surface area contributed by atoms with Gasteiger partial charge in [-0.3, -0.25) is 0 Å². The molecule has 0 spiro atoms. The molecule has 0 aromatic rings. The van der Waals surface area contributed by atoms with E-state index in [2.05, 4.69) is 10.1 Å². The molecule has 112 valence electrons. The lowest BCUT2D eigenvalue weighted by atomic mass is 9.98. The van der Waals surface area contributed by atoms with Crippen LogP contribution in [0.1, 0.15) is 26.7 Å². The summed E-state index contributed by atoms with van der Waals surface area (Å²) in [6.45, 7) is 6.52. The Kier molecular flexibility index (Phi) is 6.53. The Hall–Kier alpha value is -0.860. The summed E-state index contributed by atoms with van der Waals surface area (Å²) in [4.78, 5) is 11.2. The number of hydrogen-bond acceptors (Lipinski definition) is 5. The highest BCUT2D eigenvalue weighted by atomic mass is 32.2. The van der Waals surface area contributed by atoms with Crippen LogP contribution in [0.15, 0.2) is 0 Å². The SMILES string of the molecule is CCNCC1CCN(S(=O)(=O)NC(=O)OCC)CC1. The molecule has 0 unspecified atom stereocenters. The first-order chi connectivity index (χ1) is 8.99. The summed E-state index contributed by atoms with van der Waals surface area (Å²) >= 11 is 0. The van der Waals surface area contributed by atoms with E-state index >= 15 is 0 Å². The Bertz CT molecular complexity index is 377. The maximum absolute atomic E-state index is 11.9. The van der Waals surface area contributed by atoms with Crippen LogP contribution in [-0.2, 0) is 14.9 Å². The van der Waals surface area contributed by atoms with Crippen LogP contribution in [-0.4, -0.2) is 51.6 Å². The van der Waals surface area contributed by atoms with Crippen LogP contribution in [0, 0.1) is 5.92 Å². The molecule has 0 aromatic heterocycles. The van der Waals surface area contributed by atoms with Crippen LogP contribution >= 0.6 is 0 Å². The Morgan fingerprint density at radius 2 is 1.95 bits per heavy atom. The van der Waals surface area contributed by atoms with Gasteiger partial charge in [-0.05, 0) is 38.8 Å². The van der Waals surface area contributed by atoms with Crippen molar-refractivity contribution < 1.29 is 17.9 Å². The zero-order valence-electron chi connectivity index (χ0n) is 11.5. The van der Waals surface area contributed by atoms with Crippen molar-refractivity contribution in [2.75, 3.05) is 32.8 Å². The van der Waals surface area contributed by atoms with Gasteiger partial charge in [0.1, 0.15) is 0 Å². The molecule has 19 heavy (non-hydrogen) atoms. The van der Waals surface area contributed by atoms with Gasteiger partial charge in [0.05, 0.1) is 6.61 Å². The number of ether oxygens (including phenoxy) is 1. The minimum atomic E-state index is -3.76. The maximum Gasteiger partial charge on any atom is 0.421 e. The molecule has 0 atom stereocenters. The molecule has 1 amide bonds. The number of carbonyl (C=O) groups is 1. The van der Waals surface area contributed by atoms with Crippen LogP contribution in [0.3, 0.4) is 0 Å². The Morgan fingerprint density at radius 3 is 2.47 bits per heavy atom. The third-order valence-electron chi connectivity index (χ3n) is 3.08. The summed E-state index contributed by atoms with van der Waals surface area (Å²) in [5, 5.41) is 3.26. The van der Waals surface area contributed by atoms with Gasteiger partial charge in [0.2, 0.25) is 0 Å². The third-order valence-corrected chi connectivity index (χ3v) is 4.55. The molecule has 1 heterocycles. The van der Waals surface area contributed by atoms with Crippen LogP contribution < -0.4 is 10.0 Å². The van der Waals surface area contributed by atoms with Crippen LogP contribution in [0.4, 0.5) is 4.79 Å². The average molecular weight is 293 g/mol. The summed E-state index contributed by atoms with van der Waals surface area (Å²) in [5.74, 6) is 0.494. The van der Waals surface area contributed by atoms with E-state index in [9.17, 15) is 13.2 Å². The van der Waals surface area contributed by atoms with Gasteiger partial charge in [-0.2, -0.15) is 12.7 Å². The van der Waals surface area contributed by atoms with E-state index in [1.54, 1.807) is 6.92 Å². The molecule has 1 saturated heterocycles. The zero-order valence-corrected chi connectivity index (χ0v) is 12.3. The van der Waals surface area contributed by atoms with Gasteiger partial charge in [-0.15, -0.1) is 0 Å². The smallest absolute Gasteiger partial charge is 0.421 e. The summed E-state index contributed by atoms with van der Waals surface area (Å²) < 4.78 is 31.6. The second-order valence-electron chi connectivity index (χ2n) is 4.48.